The van der Waals surface area contributed by atoms with Crippen molar-refractivity contribution >= 4 is 27.4 Å². The van der Waals surface area contributed by atoms with E-state index < -0.39 is 10.0 Å². The van der Waals surface area contributed by atoms with Crippen LogP contribution >= 0.6 is 0 Å². The second-order valence-corrected chi connectivity index (χ2v) is 7.51. The molecule has 0 unspecified atom stereocenters. The third kappa shape index (κ3) is 2.13. The summed E-state index contributed by atoms with van der Waals surface area (Å²) in [4.78, 5) is 14.3. The van der Waals surface area contributed by atoms with Gasteiger partial charge in [0.15, 0.2) is 5.82 Å². The zero-order chi connectivity index (χ0) is 16.2. The molecule has 2 aromatic rings. The van der Waals surface area contributed by atoms with Crippen LogP contribution in [0.1, 0.15) is 30.4 Å². The number of carbonyl (C=O) groups excluding carboxylic acids is 1. The topological polar surface area (TPSA) is 92.5 Å². The zero-order valence-corrected chi connectivity index (χ0v) is 13.3. The standard InChI is InChI=1S/C15H15N3O4S/c1-9-12-8-11(23(20,21)17-13-4-6-22-16-13)7-10-3-2-5-18(14(10)12)15(9)19/h4,6-9H,2-3,5H2,1H3,(H,16,17)/t9-/m0/s1. The van der Waals surface area contributed by atoms with Crippen LogP contribution in [0.4, 0.5) is 11.5 Å². The third-order valence-corrected chi connectivity index (χ3v) is 5.71. The molecule has 0 radical (unpaired) electrons. The molecule has 0 fully saturated rings. The molecule has 3 heterocycles. The Morgan fingerprint density at radius 2 is 2.22 bits per heavy atom. The van der Waals surface area contributed by atoms with Crippen LogP contribution < -0.4 is 9.62 Å². The summed E-state index contributed by atoms with van der Waals surface area (Å²) < 4.78 is 32.2. The average Bonchev–Trinajstić information content (AvgIpc) is 3.11. The number of anilines is 2. The molecular formula is C15H15N3O4S. The smallest absolute Gasteiger partial charge is 0.263 e. The minimum atomic E-state index is -3.77. The first-order chi connectivity index (χ1) is 11.0. The van der Waals surface area contributed by atoms with Crippen molar-refractivity contribution in [2.75, 3.05) is 16.2 Å². The minimum absolute atomic E-state index is 0.0416. The van der Waals surface area contributed by atoms with Crippen LogP contribution in [0.5, 0.6) is 0 Å². The van der Waals surface area contributed by atoms with Gasteiger partial charge in [0.1, 0.15) is 6.26 Å². The molecule has 0 aliphatic carbocycles. The number of benzene rings is 1. The lowest BCUT2D eigenvalue weighted by Gasteiger charge is -2.25. The Bertz CT molecular complexity index is 890. The lowest BCUT2D eigenvalue weighted by atomic mass is 9.97. The van der Waals surface area contributed by atoms with Gasteiger partial charge < -0.3 is 9.42 Å². The van der Waals surface area contributed by atoms with E-state index in [1.54, 1.807) is 17.0 Å². The molecule has 0 spiro atoms. The summed E-state index contributed by atoms with van der Waals surface area (Å²) in [5.74, 6) is -0.145. The monoisotopic (exact) mass is 333 g/mol. The molecule has 0 saturated carbocycles. The van der Waals surface area contributed by atoms with E-state index in [4.69, 9.17) is 0 Å². The molecule has 7 nitrogen and oxygen atoms in total. The first kappa shape index (κ1) is 14.3. The van der Waals surface area contributed by atoms with Crippen molar-refractivity contribution in [3.8, 4) is 0 Å². The number of carbonyl (C=O) groups is 1. The summed E-state index contributed by atoms with van der Waals surface area (Å²) in [6, 6.07) is 4.68. The van der Waals surface area contributed by atoms with Crippen LogP contribution in [0.15, 0.2) is 33.9 Å². The molecule has 2 aliphatic rings. The molecule has 1 aromatic carbocycles. The van der Waals surface area contributed by atoms with Gasteiger partial charge in [-0.05, 0) is 43.0 Å². The molecular weight excluding hydrogens is 318 g/mol. The normalized spacial score (nSPS) is 19.8. The van der Waals surface area contributed by atoms with Crippen LogP contribution in [-0.4, -0.2) is 26.0 Å². The number of rotatable bonds is 3. The third-order valence-electron chi connectivity index (χ3n) is 4.38. The van der Waals surface area contributed by atoms with Gasteiger partial charge in [0.05, 0.1) is 16.5 Å². The SMILES string of the molecule is C[C@@H]1C(=O)N2CCCc3cc(S(=O)(=O)Nc4ccon4)cc1c32. The van der Waals surface area contributed by atoms with Crippen molar-refractivity contribution < 1.29 is 17.7 Å². The van der Waals surface area contributed by atoms with Crippen LogP contribution in [0, 0.1) is 0 Å². The Kier molecular flexibility index (Phi) is 2.99. The number of aromatic nitrogens is 1. The fourth-order valence-corrected chi connectivity index (χ4v) is 4.36. The van der Waals surface area contributed by atoms with Crippen LogP contribution in [0.3, 0.4) is 0 Å². The molecule has 23 heavy (non-hydrogen) atoms. The molecule has 120 valence electrons. The molecule has 1 atom stereocenters. The van der Waals surface area contributed by atoms with Crippen molar-refractivity contribution in [1.29, 1.82) is 0 Å². The van der Waals surface area contributed by atoms with Gasteiger partial charge in [-0.2, -0.15) is 0 Å². The number of amides is 1. The highest BCUT2D eigenvalue weighted by Crippen LogP contribution is 2.43. The highest BCUT2D eigenvalue weighted by molar-refractivity contribution is 7.92. The summed E-state index contributed by atoms with van der Waals surface area (Å²) in [6.07, 6.45) is 2.90. The van der Waals surface area contributed by atoms with Gasteiger partial charge in [-0.3, -0.25) is 9.52 Å². The maximum Gasteiger partial charge on any atom is 0.263 e. The lowest BCUT2D eigenvalue weighted by molar-refractivity contribution is -0.119. The number of nitrogens with zero attached hydrogens (tertiary/aromatic N) is 2. The van der Waals surface area contributed by atoms with E-state index >= 15 is 0 Å². The molecule has 0 bridgehead atoms. The Hall–Kier alpha value is -2.35. The van der Waals surface area contributed by atoms with Gasteiger partial charge in [-0.25, -0.2) is 8.42 Å². The number of aryl methyl sites for hydroxylation is 1. The first-order valence-electron chi connectivity index (χ1n) is 7.39. The molecule has 1 N–H and O–H groups in total. The zero-order valence-electron chi connectivity index (χ0n) is 12.4. The van der Waals surface area contributed by atoms with Crippen LogP contribution in [0.2, 0.25) is 0 Å². The average molecular weight is 333 g/mol. The Morgan fingerprint density at radius 1 is 1.39 bits per heavy atom. The molecule has 2 aliphatic heterocycles. The largest absolute Gasteiger partial charge is 0.363 e. The fourth-order valence-electron chi connectivity index (χ4n) is 3.28. The maximum atomic E-state index is 12.6. The fraction of sp³-hybridized carbons (Fsp3) is 0.333. The Balaban J connectivity index is 1.82. The number of hydrogen-bond acceptors (Lipinski definition) is 5. The molecule has 8 heteroatoms. The number of nitrogens with one attached hydrogen (secondary N) is 1. The van der Waals surface area contributed by atoms with Crippen LogP contribution in [0.25, 0.3) is 0 Å². The highest BCUT2D eigenvalue weighted by atomic mass is 32.2. The second kappa shape index (κ2) is 4.82. The van der Waals surface area contributed by atoms with Crippen molar-refractivity contribution in [3.63, 3.8) is 0 Å². The predicted octanol–water partition coefficient (Wildman–Crippen LogP) is 1.87. The van der Waals surface area contributed by atoms with Gasteiger partial charge in [-0.1, -0.05) is 5.16 Å². The molecule has 1 aromatic heterocycles. The van der Waals surface area contributed by atoms with Gasteiger partial charge >= 0.3 is 0 Å². The maximum absolute atomic E-state index is 12.6. The summed E-state index contributed by atoms with van der Waals surface area (Å²) in [7, 11) is -3.77. The van der Waals surface area contributed by atoms with Crippen LogP contribution in [-0.2, 0) is 21.2 Å². The van der Waals surface area contributed by atoms with Crippen molar-refractivity contribution in [3.05, 3.63) is 35.6 Å². The Labute approximate surface area is 133 Å². The van der Waals surface area contributed by atoms with E-state index in [-0.39, 0.29) is 22.5 Å². The van der Waals surface area contributed by atoms with Gasteiger partial charge in [0, 0.05) is 12.6 Å². The highest BCUT2D eigenvalue weighted by Gasteiger charge is 2.38. The molecule has 1 amide bonds. The second-order valence-electron chi connectivity index (χ2n) is 5.83. The van der Waals surface area contributed by atoms with E-state index in [9.17, 15) is 13.2 Å². The lowest BCUT2D eigenvalue weighted by Crippen LogP contribution is -2.32. The number of hydrogen-bond donors (Lipinski definition) is 1. The van der Waals surface area contributed by atoms with E-state index in [0.29, 0.717) is 6.54 Å². The van der Waals surface area contributed by atoms with E-state index in [2.05, 4.69) is 14.4 Å². The summed E-state index contributed by atoms with van der Waals surface area (Å²) >= 11 is 0. The van der Waals surface area contributed by atoms with Crippen molar-refractivity contribution in [1.82, 2.24) is 5.16 Å². The minimum Gasteiger partial charge on any atom is -0.363 e. The summed E-state index contributed by atoms with van der Waals surface area (Å²) in [5.41, 5.74) is 2.59. The number of sulfonamides is 1. The molecule has 0 saturated heterocycles. The van der Waals surface area contributed by atoms with E-state index in [1.165, 1.54) is 12.3 Å². The Morgan fingerprint density at radius 3 is 2.96 bits per heavy atom. The van der Waals surface area contributed by atoms with E-state index in [0.717, 1.165) is 29.7 Å². The first-order valence-corrected chi connectivity index (χ1v) is 8.87. The molecule has 4 rings (SSSR count). The quantitative estimate of drug-likeness (QED) is 0.925. The van der Waals surface area contributed by atoms with Gasteiger partial charge in [0.2, 0.25) is 5.91 Å². The summed E-state index contributed by atoms with van der Waals surface area (Å²) in [5, 5.41) is 3.56. The predicted molar refractivity (Wildman–Crippen MR) is 82.8 cm³/mol. The van der Waals surface area contributed by atoms with Crippen molar-refractivity contribution in [2.24, 2.45) is 0 Å². The van der Waals surface area contributed by atoms with E-state index in [1.807, 2.05) is 6.92 Å². The van der Waals surface area contributed by atoms with Gasteiger partial charge in [-0.15, -0.1) is 0 Å². The summed E-state index contributed by atoms with van der Waals surface area (Å²) in [6.45, 7) is 2.52. The van der Waals surface area contributed by atoms with Gasteiger partial charge in [0.25, 0.3) is 10.0 Å². The van der Waals surface area contributed by atoms with Crippen molar-refractivity contribution in [2.45, 2.75) is 30.6 Å².